The Kier molecular flexibility index (Phi) is 2.41. The number of hydrogen-bond acceptors (Lipinski definition) is 5. The van der Waals surface area contributed by atoms with Crippen LogP contribution in [0.5, 0.6) is 0 Å². The van der Waals surface area contributed by atoms with Gasteiger partial charge in [-0.15, -0.1) is 0 Å². The second-order valence-electron chi connectivity index (χ2n) is 4.02. The van der Waals surface area contributed by atoms with Crippen molar-refractivity contribution in [1.29, 1.82) is 0 Å². The van der Waals surface area contributed by atoms with Crippen molar-refractivity contribution in [2.45, 2.75) is 13.5 Å². The topological polar surface area (TPSA) is 89.6 Å². The Hall–Kier alpha value is -2.15. The fraction of sp³-hybridized carbons (Fsp3) is 0.182. The number of imidazole rings is 1. The minimum atomic E-state index is -0.0721. The molecule has 3 aromatic rings. The molecule has 0 fully saturated rings. The highest BCUT2D eigenvalue weighted by atomic mass is 32.1. The molecule has 0 aliphatic rings. The maximum atomic E-state index is 11.1. The molecule has 7 heteroatoms. The van der Waals surface area contributed by atoms with E-state index in [0.717, 1.165) is 33.9 Å². The summed E-state index contributed by atoms with van der Waals surface area (Å²) < 4.78 is 1.79. The zero-order valence-corrected chi connectivity index (χ0v) is 10.5. The summed E-state index contributed by atoms with van der Waals surface area (Å²) in [5.74, 6) is 0.398. The van der Waals surface area contributed by atoms with Crippen LogP contribution in [0.2, 0.25) is 0 Å². The highest BCUT2D eigenvalue weighted by Gasteiger charge is 2.10. The van der Waals surface area contributed by atoms with E-state index in [1.54, 1.807) is 9.95 Å². The fourth-order valence-electron chi connectivity index (χ4n) is 1.83. The van der Waals surface area contributed by atoms with Crippen LogP contribution in [0.4, 0.5) is 5.95 Å². The van der Waals surface area contributed by atoms with E-state index in [4.69, 9.17) is 5.73 Å². The van der Waals surface area contributed by atoms with Gasteiger partial charge in [0.25, 0.3) is 0 Å². The molecular formula is C11H11N5OS. The summed E-state index contributed by atoms with van der Waals surface area (Å²) in [6, 6.07) is 3.78. The predicted molar refractivity (Wildman–Crippen MR) is 70.7 cm³/mol. The number of pyridine rings is 1. The Labute approximate surface area is 106 Å². The van der Waals surface area contributed by atoms with Gasteiger partial charge in [-0.05, 0) is 19.1 Å². The van der Waals surface area contributed by atoms with Crippen LogP contribution in [0.3, 0.4) is 0 Å². The summed E-state index contributed by atoms with van der Waals surface area (Å²) in [5, 5.41) is 1.78. The highest BCUT2D eigenvalue weighted by molar-refractivity contribution is 7.07. The first-order valence-corrected chi connectivity index (χ1v) is 6.27. The van der Waals surface area contributed by atoms with Crippen LogP contribution in [0.15, 0.2) is 22.3 Å². The van der Waals surface area contributed by atoms with Crippen LogP contribution in [0.25, 0.3) is 11.2 Å². The average molecular weight is 261 g/mol. The van der Waals surface area contributed by atoms with Crippen LogP contribution < -0.4 is 10.6 Å². The van der Waals surface area contributed by atoms with Crippen molar-refractivity contribution < 1.29 is 0 Å². The van der Waals surface area contributed by atoms with Crippen LogP contribution in [-0.4, -0.2) is 19.5 Å². The molecular weight excluding hydrogens is 250 g/mol. The van der Waals surface area contributed by atoms with Crippen molar-refractivity contribution in [3.63, 3.8) is 0 Å². The molecule has 0 saturated heterocycles. The van der Waals surface area contributed by atoms with Crippen molar-refractivity contribution in [2.24, 2.45) is 0 Å². The molecule has 0 radical (unpaired) electrons. The number of nitrogen functional groups attached to an aromatic ring is 1. The lowest BCUT2D eigenvalue weighted by molar-refractivity contribution is 0.803. The number of anilines is 1. The molecule has 0 unspecified atom stereocenters. The molecule has 0 aliphatic heterocycles. The third-order valence-corrected chi connectivity index (χ3v) is 3.38. The van der Waals surface area contributed by atoms with E-state index >= 15 is 0 Å². The van der Waals surface area contributed by atoms with E-state index in [1.165, 1.54) is 0 Å². The summed E-state index contributed by atoms with van der Waals surface area (Å²) in [4.78, 5) is 22.5. The number of hydrogen-bond donors (Lipinski definition) is 2. The van der Waals surface area contributed by atoms with Crippen molar-refractivity contribution >= 4 is 28.4 Å². The summed E-state index contributed by atoms with van der Waals surface area (Å²) in [5.41, 5.74) is 9.09. The van der Waals surface area contributed by atoms with Gasteiger partial charge >= 0.3 is 4.87 Å². The molecule has 3 heterocycles. The van der Waals surface area contributed by atoms with Crippen molar-refractivity contribution in [3.8, 4) is 0 Å². The van der Waals surface area contributed by atoms with Gasteiger partial charge in [0, 0.05) is 16.8 Å². The van der Waals surface area contributed by atoms with Crippen molar-refractivity contribution in [2.75, 3.05) is 5.73 Å². The van der Waals surface area contributed by atoms with Gasteiger partial charge in [0.15, 0.2) is 5.65 Å². The fourth-order valence-corrected chi connectivity index (χ4v) is 2.40. The molecule has 3 aromatic heterocycles. The van der Waals surface area contributed by atoms with Gasteiger partial charge in [0.1, 0.15) is 5.52 Å². The third-order valence-electron chi connectivity index (χ3n) is 2.66. The van der Waals surface area contributed by atoms with E-state index in [0.29, 0.717) is 12.5 Å². The molecule has 92 valence electrons. The third kappa shape index (κ3) is 1.78. The number of thiazole rings is 1. The number of rotatable bonds is 2. The van der Waals surface area contributed by atoms with E-state index in [9.17, 15) is 4.79 Å². The standard InChI is InChI=1S/C11H11N5OS/c1-6-2-3-8-9(13-6)16(10(12)15-8)4-7-5-18-11(17)14-7/h2-3,5H,4H2,1H3,(H2,12,15)(H,14,17). The average Bonchev–Trinajstić information content (AvgIpc) is 2.86. The second-order valence-corrected chi connectivity index (χ2v) is 4.87. The minimum Gasteiger partial charge on any atom is -0.369 e. The molecule has 0 aromatic carbocycles. The summed E-state index contributed by atoms with van der Waals surface area (Å²) in [7, 11) is 0. The smallest absolute Gasteiger partial charge is 0.304 e. The number of aromatic nitrogens is 4. The van der Waals surface area contributed by atoms with Crippen LogP contribution in [0.1, 0.15) is 11.4 Å². The molecule has 0 saturated carbocycles. The number of fused-ring (bicyclic) bond motifs is 1. The van der Waals surface area contributed by atoms with Gasteiger partial charge in [0.05, 0.1) is 6.54 Å². The molecule has 0 aliphatic carbocycles. The lowest BCUT2D eigenvalue weighted by Crippen LogP contribution is -2.07. The zero-order valence-electron chi connectivity index (χ0n) is 9.67. The monoisotopic (exact) mass is 261 g/mol. The molecule has 6 nitrogen and oxygen atoms in total. The predicted octanol–water partition coefficient (Wildman–Crippen LogP) is 1.12. The minimum absolute atomic E-state index is 0.0721. The van der Waals surface area contributed by atoms with Crippen LogP contribution in [0, 0.1) is 6.92 Å². The van der Waals surface area contributed by atoms with Gasteiger partial charge in [-0.3, -0.25) is 9.36 Å². The second kappa shape index (κ2) is 3.95. The van der Waals surface area contributed by atoms with Crippen LogP contribution in [-0.2, 0) is 6.54 Å². The number of nitrogens with one attached hydrogen (secondary N) is 1. The molecule has 18 heavy (non-hydrogen) atoms. The highest BCUT2D eigenvalue weighted by Crippen LogP contribution is 2.17. The normalized spacial score (nSPS) is 11.2. The number of H-pyrrole nitrogens is 1. The quantitative estimate of drug-likeness (QED) is 0.723. The molecule has 0 atom stereocenters. The first-order valence-electron chi connectivity index (χ1n) is 5.39. The molecule has 3 N–H and O–H groups in total. The molecule has 0 spiro atoms. The zero-order chi connectivity index (χ0) is 12.7. The van der Waals surface area contributed by atoms with E-state index in [2.05, 4.69) is 15.0 Å². The number of nitrogens with zero attached hydrogens (tertiary/aromatic N) is 3. The van der Waals surface area contributed by atoms with Gasteiger partial charge in [-0.2, -0.15) is 0 Å². The molecule has 0 bridgehead atoms. The lowest BCUT2D eigenvalue weighted by atomic mass is 10.3. The number of nitrogens with two attached hydrogens (primary N) is 1. The Balaban J connectivity index is 2.13. The van der Waals surface area contributed by atoms with Crippen molar-refractivity contribution in [3.05, 3.63) is 38.6 Å². The number of aryl methyl sites for hydroxylation is 1. The largest absolute Gasteiger partial charge is 0.369 e. The Morgan fingerprint density at radius 2 is 2.28 bits per heavy atom. The summed E-state index contributed by atoms with van der Waals surface area (Å²) in [6.07, 6.45) is 0. The summed E-state index contributed by atoms with van der Waals surface area (Å²) >= 11 is 1.13. The van der Waals surface area contributed by atoms with E-state index in [1.807, 2.05) is 19.1 Å². The summed E-state index contributed by atoms with van der Waals surface area (Å²) in [6.45, 7) is 2.39. The van der Waals surface area contributed by atoms with Crippen molar-refractivity contribution in [1.82, 2.24) is 19.5 Å². The van der Waals surface area contributed by atoms with Crippen LogP contribution >= 0.6 is 11.3 Å². The number of aromatic amines is 1. The Morgan fingerprint density at radius 1 is 1.44 bits per heavy atom. The first kappa shape index (κ1) is 11.0. The van der Waals surface area contributed by atoms with Gasteiger partial charge < -0.3 is 10.7 Å². The van der Waals surface area contributed by atoms with E-state index in [-0.39, 0.29) is 4.87 Å². The lowest BCUT2D eigenvalue weighted by Gasteiger charge is -2.03. The van der Waals surface area contributed by atoms with Gasteiger partial charge in [0.2, 0.25) is 5.95 Å². The maximum Gasteiger partial charge on any atom is 0.304 e. The van der Waals surface area contributed by atoms with Gasteiger partial charge in [-0.25, -0.2) is 9.97 Å². The van der Waals surface area contributed by atoms with E-state index < -0.39 is 0 Å². The SMILES string of the molecule is Cc1ccc2nc(N)n(Cc3csc(=O)[nH]3)c2n1. The Bertz CT molecular complexity index is 769. The maximum absolute atomic E-state index is 11.1. The first-order chi connectivity index (χ1) is 8.63. The molecule has 0 amide bonds. The molecule has 3 rings (SSSR count). The van der Waals surface area contributed by atoms with Gasteiger partial charge in [-0.1, -0.05) is 11.3 Å². The Morgan fingerprint density at radius 3 is 3.00 bits per heavy atom.